The molecule has 0 radical (unpaired) electrons. The van der Waals surface area contributed by atoms with Gasteiger partial charge in [-0.25, -0.2) is 0 Å². The van der Waals surface area contributed by atoms with E-state index in [4.69, 9.17) is 4.74 Å². The second-order valence-electron chi connectivity index (χ2n) is 7.61. The number of pyridine rings is 1. The fraction of sp³-hybridized carbons (Fsp3) is 0.160. The number of amides is 2. The van der Waals surface area contributed by atoms with Crippen molar-refractivity contribution in [1.29, 1.82) is 0 Å². The van der Waals surface area contributed by atoms with Gasteiger partial charge in [0.1, 0.15) is 11.4 Å². The fourth-order valence-corrected chi connectivity index (χ4v) is 3.56. The topological polar surface area (TPSA) is 115 Å². The van der Waals surface area contributed by atoms with Gasteiger partial charge >= 0.3 is 0 Å². The molecule has 0 atom stereocenters. The second-order valence-corrected chi connectivity index (χ2v) is 7.61. The summed E-state index contributed by atoms with van der Waals surface area (Å²) in [5.74, 6) is -0.362. The van der Waals surface area contributed by atoms with Crippen molar-refractivity contribution >= 4 is 28.8 Å². The number of benzene rings is 2. The molecule has 0 saturated heterocycles. The standard InChI is InChI=1S/C25H22N4O5/c1-2-13-34-21-7-3-6-19(14-21)27-23-22(18-8-10-20(11-9-18)29(32)33)24(30)28(25(23)31)16-17-5-4-12-26-15-17/h3-12,14-15,27H,2,13,16H2,1H3. The number of imide groups is 1. The number of nitro groups is 1. The smallest absolute Gasteiger partial charge is 0.278 e. The summed E-state index contributed by atoms with van der Waals surface area (Å²) < 4.78 is 5.67. The number of anilines is 1. The largest absolute Gasteiger partial charge is 0.494 e. The first-order chi connectivity index (χ1) is 16.5. The minimum Gasteiger partial charge on any atom is -0.494 e. The number of aromatic nitrogens is 1. The Morgan fingerprint density at radius 2 is 1.85 bits per heavy atom. The van der Waals surface area contributed by atoms with Crippen LogP contribution in [0.4, 0.5) is 11.4 Å². The predicted octanol–water partition coefficient (Wildman–Crippen LogP) is 4.17. The third-order valence-corrected chi connectivity index (χ3v) is 5.17. The van der Waals surface area contributed by atoms with Gasteiger partial charge in [0, 0.05) is 36.3 Å². The van der Waals surface area contributed by atoms with Crippen molar-refractivity contribution in [2.24, 2.45) is 0 Å². The number of hydrogen-bond acceptors (Lipinski definition) is 7. The highest BCUT2D eigenvalue weighted by Crippen LogP contribution is 2.33. The normalized spacial score (nSPS) is 13.4. The molecule has 9 nitrogen and oxygen atoms in total. The Balaban J connectivity index is 1.71. The minimum atomic E-state index is -0.518. The number of rotatable bonds is 9. The zero-order valence-corrected chi connectivity index (χ0v) is 18.4. The van der Waals surface area contributed by atoms with E-state index >= 15 is 0 Å². The van der Waals surface area contributed by atoms with E-state index in [0.29, 0.717) is 29.2 Å². The molecule has 3 aromatic rings. The zero-order valence-electron chi connectivity index (χ0n) is 18.4. The van der Waals surface area contributed by atoms with Crippen LogP contribution in [0.25, 0.3) is 5.57 Å². The van der Waals surface area contributed by atoms with Crippen LogP contribution in [0, 0.1) is 10.1 Å². The molecular formula is C25H22N4O5. The van der Waals surface area contributed by atoms with Crippen molar-refractivity contribution in [2.75, 3.05) is 11.9 Å². The molecule has 34 heavy (non-hydrogen) atoms. The molecule has 0 bridgehead atoms. The number of carbonyl (C=O) groups excluding carboxylic acids is 2. The van der Waals surface area contributed by atoms with Crippen LogP contribution in [0.3, 0.4) is 0 Å². The van der Waals surface area contributed by atoms with Gasteiger partial charge in [-0.3, -0.25) is 29.6 Å². The number of nitro benzene ring substituents is 1. The Hall–Kier alpha value is -4.53. The van der Waals surface area contributed by atoms with Gasteiger partial charge in [-0.05, 0) is 47.9 Å². The molecule has 0 unspecified atom stereocenters. The number of non-ortho nitro benzene ring substituents is 1. The van der Waals surface area contributed by atoms with Gasteiger partial charge in [-0.2, -0.15) is 0 Å². The van der Waals surface area contributed by atoms with Gasteiger partial charge in [0.05, 0.1) is 23.6 Å². The molecule has 0 spiro atoms. The van der Waals surface area contributed by atoms with E-state index in [-0.39, 0.29) is 23.5 Å². The molecule has 4 rings (SSSR count). The summed E-state index contributed by atoms with van der Waals surface area (Å²) >= 11 is 0. The lowest BCUT2D eigenvalue weighted by molar-refractivity contribution is -0.384. The molecule has 0 fully saturated rings. The zero-order chi connectivity index (χ0) is 24.1. The first-order valence-corrected chi connectivity index (χ1v) is 10.7. The summed E-state index contributed by atoms with van der Waals surface area (Å²) in [6.45, 7) is 2.60. The third-order valence-electron chi connectivity index (χ3n) is 5.17. The molecule has 1 N–H and O–H groups in total. The van der Waals surface area contributed by atoms with Crippen molar-refractivity contribution in [3.05, 3.63) is 100.0 Å². The number of nitrogens with one attached hydrogen (secondary N) is 1. The molecule has 1 aromatic heterocycles. The Kier molecular flexibility index (Phi) is 6.63. The van der Waals surface area contributed by atoms with E-state index in [1.807, 2.05) is 13.0 Å². The Bertz CT molecular complexity index is 1260. The lowest BCUT2D eigenvalue weighted by Gasteiger charge is -2.15. The molecule has 0 aliphatic carbocycles. The maximum absolute atomic E-state index is 13.4. The van der Waals surface area contributed by atoms with Crippen LogP contribution in [0.5, 0.6) is 5.75 Å². The highest BCUT2D eigenvalue weighted by atomic mass is 16.6. The Labute approximate surface area is 195 Å². The number of nitrogens with zero attached hydrogens (tertiary/aromatic N) is 3. The van der Waals surface area contributed by atoms with Gasteiger partial charge in [0.2, 0.25) is 0 Å². The van der Waals surface area contributed by atoms with Gasteiger partial charge in [0.25, 0.3) is 17.5 Å². The average Bonchev–Trinajstić information content (AvgIpc) is 3.08. The highest BCUT2D eigenvalue weighted by Gasteiger charge is 2.39. The molecule has 172 valence electrons. The summed E-state index contributed by atoms with van der Waals surface area (Å²) in [4.78, 5) is 42.5. The molecule has 0 saturated carbocycles. The molecule has 2 aromatic carbocycles. The van der Waals surface area contributed by atoms with E-state index in [0.717, 1.165) is 11.3 Å². The molecular weight excluding hydrogens is 436 g/mol. The van der Waals surface area contributed by atoms with E-state index in [1.165, 1.54) is 24.3 Å². The second kappa shape index (κ2) is 9.95. The lowest BCUT2D eigenvalue weighted by Crippen LogP contribution is -2.32. The summed E-state index contributed by atoms with van der Waals surface area (Å²) in [6.07, 6.45) is 4.05. The maximum Gasteiger partial charge on any atom is 0.278 e. The van der Waals surface area contributed by atoms with E-state index < -0.39 is 16.7 Å². The van der Waals surface area contributed by atoms with Crippen molar-refractivity contribution < 1.29 is 19.2 Å². The van der Waals surface area contributed by atoms with Crippen LogP contribution >= 0.6 is 0 Å². The van der Waals surface area contributed by atoms with Crippen LogP contribution in [0.15, 0.2) is 78.8 Å². The maximum atomic E-state index is 13.4. The summed E-state index contributed by atoms with van der Waals surface area (Å²) in [7, 11) is 0. The van der Waals surface area contributed by atoms with Crippen molar-refractivity contribution in [3.63, 3.8) is 0 Å². The quantitative estimate of drug-likeness (QED) is 0.291. The van der Waals surface area contributed by atoms with Crippen molar-refractivity contribution in [1.82, 2.24) is 9.88 Å². The predicted molar refractivity (Wildman–Crippen MR) is 126 cm³/mol. The summed E-state index contributed by atoms with van der Waals surface area (Å²) in [5.41, 5.74) is 1.80. The van der Waals surface area contributed by atoms with Gasteiger partial charge < -0.3 is 10.1 Å². The first kappa shape index (κ1) is 22.7. The number of hydrogen-bond donors (Lipinski definition) is 1. The van der Waals surface area contributed by atoms with Gasteiger partial charge in [0.15, 0.2) is 0 Å². The Morgan fingerprint density at radius 3 is 2.53 bits per heavy atom. The van der Waals surface area contributed by atoms with Gasteiger partial charge in [-0.1, -0.05) is 19.1 Å². The number of ether oxygens (including phenoxy) is 1. The lowest BCUT2D eigenvalue weighted by atomic mass is 10.0. The van der Waals surface area contributed by atoms with Crippen LogP contribution in [-0.2, 0) is 16.1 Å². The number of carbonyl (C=O) groups is 2. The minimum absolute atomic E-state index is 0.0484. The summed E-state index contributed by atoms with van der Waals surface area (Å²) in [6, 6.07) is 16.2. The van der Waals surface area contributed by atoms with Crippen LogP contribution in [0.1, 0.15) is 24.5 Å². The van der Waals surface area contributed by atoms with Gasteiger partial charge in [-0.15, -0.1) is 0 Å². The van der Waals surface area contributed by atoms with E-state index in [9.17, 15) is 19.7 Å². The van der Waals surface area contributed by atoms with Crippen LogP contribution in [0.2, 0.25) is 0 Å². The van der Waals surface area contributed by atoms with Crippen LogP contribution in [-0.4, -0.2) is 33.2 Å². The van der Waals surface area contributed by atoms with E-state index in [1.54, 1.807) is 42.7 Å². The van der Waals surface area contributed by atoms with Crippen LogP contribution < -0.4 is 10.1 Å². The van der Waals surface area contributed by atoms with E-state index in [2.05, 4.69) is 10.3 Å². The Morgan fingerprint density at radius 1 is 1.06 bits per heavy atom. The molecule has 2 amide bonds. The summed E-state index contributed by atoms with van der Waals surface area (Å²) in [5, 5.41) is 14.1. The highest BCUT2D eigenvalue weighted by molar-refractivity contribution is 6.36. The average molecular weight is 458 g/mol. The first-order valence-electron chi connectivity index (χ1n) is 10.7. The molecule has 9 heteroatoms. The third kappa shape index (κ3) is 4.78. The molecule has 2 heterocycles. The van der Waals surface area contributed by atoms with Crippen molar-refractivity contribution in [2.45, 2.75) is 19.9 Å². The fourth-order valence-electron chi connectivity index (χ4n) is 3.56. The monoisotopic (exact) mass is 458 g/mol. The molecule has 1 aliphatic heterocycles. The molecule has 1 aliphatic rings. The SMILES string of the molecule is CCCOc1cccc(NC2=C(c3ccc([N+](=O)[O-])cc3)C(=O)N(Cc3cccnc3)C2=O)c1. The van der Waals surface area contributed by atoms with Crippen molar-refractivity contribution in [3.8, 4) is 5.75 Å².